The number of pyridine rings is 1. The summed E-state index contributed by atoms with van der Waals surface area (Å²) in [6.45, 7) is 1.02. The second kappa shape index (κ2) is 11.3. The molecule has 0 atom stereocenters. The van der Waals surface area contributed by atoms with E-state index in [1.54, 1.807) is 25.3 Å². The van der Waals surface area contributed by atoms with Crippen LogP contribution in [0, 0.1) is 0 Å². The molecule has 1 aliphatic carbocycles. The lowest BCUT2D eigenvalue weighted by Crippen LogP contribution is -2.27. The normalized spacial score (nSPS) is 14.2. The summed E-state index contributed by atoms with van der Waals surface area (Å²) < 4.78 is 27.8. The molecule has 2 aromatic heterocycles. The van der Waals surface area contributed by atoms with E-state index in [0.717, 1.165) is 18.4 Å². The van der Waals surface area contributed by atoms with Gasteiger partial charge in [-0.3, -0.25) is 4.90 Å². The Morgan fingerprint density at radius 2 is 2.00 bits per heavy atom. The van der Waals surface area contributed by atoms with Crippen LogP contribution in [0.5, 0.6) is 11.5 Å². The van der Waals surface area contributed by atoms with Gasteiger partial charge in [0, 0.05) is 12.7 Å². The predicted molar refractivity (Wildman–Crippen MR) is 138 cm³/mol. The molecule has 3 heterocycles. The number of nitrogens with zero attached hydrogens (tertiary/aromatic N) is 4. The van der Waals surface area contributed by atoms with Gasteiger partial charge in [0.05, 0.1) is 26.3 Å². The molecule has 1 aromatic carbocycles. The number of rotatable bonds is 10. The summed E-state index contributed by atoms with van der Waals surface area (Å²) >= 11 is 0. The molecule has 0 amide bonds. The Bertz CT molecular complexity index is 1360. The number of ether oxygens (including phenoxy) is 4. The molecule has 3 aromatic rings. The standard InChI is InChI=1S/C27H27N5O5/c1-33-22-11-10-20(15-23(22)34-2)16-29-25-21(9-6-12-28-25)26-30-31-27(37-26)32(24-18-35-13-14-36-24)17-19-7-4-3-5-8-19/h3-4,6-7,9-15,18H,5,8,16-17H2,1-2H3,(H,28,29). The Balaban J connectivity index is 1.38. The maximum atomic E-state index is 6.13. The molecule has 10 heteroatoms. The summed E-state index contributed by atoms with van der Waals surface area (Å²) in [5.41, 5.74) is 2.88. The highest BCUT2D eigenvalue weighted by Gasteiger charge is 2.24. The average molecular weight is 502 g/mol. The van der Waals surface area contributed by atoms with Gasteiger partial charge in [-0.25, -0.2) is 4.98 Å². The van der Waals surface area contributed by atoms with Crippen molar-refractivity contribution in [2.75, 3.05) is 31.0 Å². The maximum Gasteiger partial charge on any atom is 0.325 e. The van der Waals surface area contributed by atoms with E-state index < -0.39 is 0 Å². The zero-order valence-electron chi connectivity index (χ0n) is 20.6. The van der Waals surface area contributed by atoms with Gasteiger partial charge in [-0.05, 0) is 48.2 Å². The fraction of sp³-hybridized carbons (Fsp3) is 0.222. The smallest absolute Gasteiger partial charge is 0.325 e. The average Bonchev–Trinajstić information content (AvgIpc) is 3.45. The SMILES string of the molecule is COc1ccc(CNc2ncccc2-c2nnc(N(CC3=CC=CCC3)C3=COC=CO3)o2)cc1OC. The van der Waals surface area contributed by atoms with Crippen LogP contribution < -0.4 is 19.7 Å². The summed E-state index contributed by atoms with van der Waals surface area (Å²) in [6.07, 6.45) is 14.3. The van der Waals surface area contributed by atoms with Gasteiger partial charge in [0.15, 0.2) is 17.8 Å². The molecular weight excluding hydrogens is 474 g/mol. The van der Waals surface area contributed by atoms with Gasteiger partial charge in [0.25, 0.3) is 5.89 Å². The highest BCUT2D eigenvalue weighted by atomic mass is 16.5. The van der Waals surface area contributed by atoms with Crippen molar-refractivity contribution in [2.24, 2.45) is 0 Å². The first-order chi connectivity index (χ1) is 18.2. The minimum absolute atomic E-state index is 0.283. The molecule has 5 rings (SSSR count). The molecule has 1 N–H and O–H groups in total. The first-order valence-corrected chi connectivity index (χ1v) is 11.8. The van der Waals surface area contributed by atoms with Crippen molar-refractivity contribution in [1.29, 1.82) is 0 Å². The van der Waals surface area contributed by atoms with Crippen LogP contribution in [-0.2, 0) is 16.0 Å². The zero-order valence-corrected chi connectivity index (χ0v) is 20.6. The third-order valence-corrected chi connectivity index (χ3v) is 5.81. The van der Waals surface area contributed by atoms with Gasteiger partial charge in [-0.2, -0.15) is 0 Å². The Kier molecular flexibility index (Phi) is 7.35. The van der Waals surface area contributed by atoms with Crippen LogP contribution in [0.1, 0.15) is 18.4 Å². The number of hydrogen-bond donors (Lipinski definition) is 1. The van der Waals surface area contributed by atoms with E-state index in [9.17, 15) is 0 Å². The number of anilines is 2. The minimum atomic E-state index is 0.283. The quantitative estimate of drug-likeness (QED) is 0.400. The van der Waals surface area contributed by atoms with Gasteiger partial charge in [0.1, 0.15) is 18.3 Å². The van der Waals surface area contributed by atoms with Gasteiger partial charge >= 0.3 is 6.01 Å². The molecule has 0 spiro atoms. The Hall–Kier alpha value is -4.73. The van der Waals surface area contributed by atoms with Crippen molar-refractivity contribution in [3.63, 3.8) is 0 Å². The molecule has 2 aliphatic rings. The number of benzene rings is 1. The molecule has 190 valence electrons. The topological polar surface area (TPSA) is 104 Å². The molecule has 0 unspecified atom stereocenters. The summed E-state index contributed by atoms with van der Waals surface area (Å²) in [4.78, 5) is 6.28. The lowest BCUT2D eigenvalue weighted by molar-refractivity contribution is 0.245. The highest BCUT2D eigenvalue weighted by molar-refractivity contribution is 5.69. The number of allylic oxidation sites excluding steroid dienone is 3. The van der Waals surface area contributed by atoms with Crippen LogP contribution in [0.2, 0.25) is 0 Å². The molecule has 0 saturated heterocycles. The number of methoxy groups -OCH3 is 2. The number of nitrogens with one attached hydrogen (secondary N) is 1. The third kappa shape index (κ3) is 5.58. The molecule has 0 fully saturated rings. The van der Waals surface area contributed by atoms with Crippen LogP contribution in [0.4, 0.5) is 11.8 Å². The predicted octanol–water partition coefficient (Wildman–Crippen LogP) is 5.16. The van der Waals surface area contributed by atoms with E-state index in [1.165, 1.54) is 24.4 Å². The van der Waals surface area contributed by atoms with Gasteiger partial charge in [-0.15, -0.1) is 5.10 Å². The number of hydrogen-bond acceptors (Lipinski definition) is 10. The second-order valence-corrected chi connectivity index (χ2v) is 8.19. The van der Waals surface area contributed by atoms with Crippen molar-refractivity contribution < 1.29 is 23.4 Å². The van der Waals surface area contributed by atoms with Crippen molar-refractivity contribution in [2.45, 2.75) is 19.4 Å². The van der Waals surface area contributed by atoms with Gasteiger partial charge < -0.3 is 28.7 Å². The van der Waals surface area contributed by atoms with E-state index in [0.29, 0.717) is 47.7 Å². The van der Waals surface area contributed by atoms with E-state index >= 15 is 0 Å². The lowest BCUT2D eigenvalue weighted by atomic mass is 10.1. The van der Waals surface area contributed by atoms with E-state index in [4.69, 9.17) is 23.4 Å². The van der Waals surface area contributed by atoms with Crippen LogP contribution in [-0.4, -0.2) is 35.9 Å². The highest BCUT2D eigenvalue weighted by Crippen LogP contribution is 2.31. The van der Waals surface area contributed by atoms with Crippen LogP contribution in [0.3, 0.4) is 0 Å². The minimum Gasteiger partial charge on any atom is -0.493 e. The fourth-order valence-electron chi connectivity index (χ4n) is 3.94. The first kappa shape index (κ1) is 24.0. The Morgan fingerprint density at radius 1 is 1.08 bits per heavy atom. The van der Waals surface area contributed by atoms with Crippen molar-refractivity contribution in [1.82, 2.24) is 15.2 Å². The van der Waals surface area contributed by atoms with Crippen molar-refractivity contribution in [3.05, 3.63) is 90.6 Å². The molecule has 10 nitrogen and oxygen atoms in total. The fourth-order valence-corrected chi connectivity index (χ4v) is 3.94. The molecule has 0 saturated carbocycles. The van der Waals surface area contributed by atoms with Gasteiger partial charge in [0.2, 0.25) is 5.88 Å². The monoisotopic (exact) mass is 501 g/mol. The van der Waals surface area contributed by atoms with Crippen molar-refractivity contribution >= 4 is 11.8 Å². The molecular formula is C27H27N5O5. The van der Waals surface area contributed by atoms with E-state index in [1.807, 2.05) is 30.3 Å². The second-order valence-electron chi connectivity index (χ2n) is 8.19. The molecule has 0 bridgehead atoms. The van der Waals surface area contributed by atoms with Crippen molar-refractivity contribution in [3.8, 4) is 23.0 Å². The molecule has 1 aliphatic heterocycles. The Morgan fingerprint density at radius 3 is 2.78 bits per heavy atom. The van der Waals surface area contributed by atoms with Crippen LogP contribution in [0.25, 0.3) is 11.5 Å². The Labute approximate surface area is 214 Å². The summed E-state index contributed by atoms with van der Waals surface area (Å²) in [7, 11) is 3.22. The molecule has 37 heavy (non-hydrogen) atoms. The summed E-state index contributed by atoms with van der Waals surface area (Å²) in [6, 6.07) is 9.73. The summed E-state index contributed by atoms with van der Waals surface area (Å²) in [5.74, 6) is 2.72. The first-order valence-electron chi connectivity index (χ1n) is 11.8. The van der Waals surface area contributed by atoms with Crippen LogP contribution >= 0.6 is 0 Å². The van der Waals surface area contributed by atoms with E-state index in [2.05, 4.69) is 38.7 Å². The largest absolute Gasteiger partial charge is 0.493 e. The third-order valence-electron chi connectivity index (χ3n) is 5.81. The summed E-state index contributed by atoms with van der Waals surface area (Å²) in [5, 5.41) is 12.0. The lowest BCUT2D eigenvalue weighted by Gasteiger charge is -2.24. The van der Waals surface area contributed by atoms with Gasteiger partial charge in [-0.1, -0.05) is 29.4 Å². The zero-order chi connectivity index (χ0) is 25.5. The number of aromatic nitrogens is 3. The van der Waals surface area contributed by atoms with Crippen LogP contribution in [0.15, 0.2) is 89.4 Å². The van der Waals surface area contributed by atoms with E-state index in [-0.39, 0.29) is 6.01 Å². The maximum absolute atomic E-state index is 6.13. The molecule has 0 radical (unpaired) electrons.